The molecule has 1 aromatic carbocycles. The number of nitrogens with one attached hydrogen (secondary N) is 1. The van der Waals surface area contributed by atoms with Crippen LogP contribution in [0.2, 0.25) is 5.02 Å². The molecule has 1 fully saturated rings. The van der Waals surface area contributed by atoms with Gasteiger partial charge < -0.3 is 4.90 Å². The number of imide groups is 1. The molecule has 1 heterocycles. The van der Waals surface area contributed by atoms with Crippen molar-refractivity contribution in [2.75, 3.05) is 11.9 Å². The average molecular weight is 253 g/mol. The van der Waals surface area contributed by atoms with Gasteiger partial charge in [-0.2, -0.15) is 0 Å². The summed E-state index contributed by atoms with van der Waals surface area (Å²) in [5.74, 6) is -0.450. The molecule has 0 radical (unpaired) electrons. The number of hydrogen-bond acceptors (Lipinski definition) is 3. The van der Waals surface area contributed by atoms with Gasteiger partial charge >= 0.3 is 0 Å². The minimum atomic E-state index is -0.314. The Morgan fingerprint density at radius 1 is 1.41 bits per heavy atom. The topological polar surface area (TPSA) is 49.4 Å². The van der Waals surface area contributed by atoms with Crippen LogP contribution in [-0.2, 0) is 9.59 Å². The molecule has 0 aromatic heterocycles. The summed E-state index contributed by atoms with van der Waals surface area (Å²) in [6, 6.07) is 6.98. The second kappa shape index (κ2) is 4.75. The molecule has 1 atom stereocenters. The molecule has 17 heavy (non-hydrogen) atoms. The number of benzene rings is 1. The minimum absolute atomic E-state index is 0.203. The van der Waals surface area contributed by atoms with Crippen molar-refractivity contribution in [1.82, 2.24) is 5.32 Å². The van der Waals surface area contributed by atoms with Crippen LogP contribution in [0, 0.1) is 0 Å². The molecule has 2 rings (SSSR count). The Labute approximate surface area is 105 Å². The summed E-state index contributed by atoms with van der Waals surface area (Å²) >= 11 is 5.91. The molecule has 0 aliphatic carbocycles. The summed E-state index contributed by atoms with van der Waals surface area (Å²) < 4.78 is 0. The van der Waals surface area contributed by atoms with Gasteiger partial charge in [-0.15, -0.1) is 0 Å². The number of carbonyl (C=O) groups is 2. The highest BCUT2D eigenvalue weighted by molar-refractivity contribution is 6.30. The third-order valence-electron chi connectivity index (χ3n) is 2.89. The van der Waals surface area contributed by atoms with Crippen molar-refractivity contribution in [3.05, 3.63) is 29.3 Å². The van der Waals surface area contributed by atoms with E-state index in [1.54, 1.807) is 12.1 Å². The average Bonchev–Trinajstić information content (AvgIpc) is 2.28. The van der Waals surface area contributed by atoms with Crippen molar-refractivity contribution in [2.24, 2.45) is 0 Å². The Morgan fingerprint density at radius 2 is 2.18 bits per heavy atom. The lowest BCUT2D eigenvalue weighted by Gasteiger charge is -2.31. The number of amides is 2. The zero-order chi connectivity index (χ0) is 12.4. The molecule has 2 amide bonds. The van der Waals surface area contributed by atoms with Crippen LogP contribution in [0.5, 0.6) is 0 Å². The van der Waals surface area contributed by atoms with Gasteiger partial charge in [0.1, 0.15) is 6.04 Å². The van der Waals surface area contributed by atoms with Gasteiger partial charge in [-0.25, -0.2) is 0 Å². The number of likely N-dealkylation sites (N-methyl/N-ethyl adjacent to an activating group) is 1. The molecule has 0 bridgehead atoms. The summed E-state index contributed by atoms with van der Waals surface area (Å²) in [6.45, 7) is 0. The predicted molar refractivity (Wildman–Crippen MR) is 66.0 cm³/mol. The molecular formula is C12H13ClN2O2. The van der Waals surface area contributed by atoms with Crippen molar-refractivity contribution >= 4 is 29.1 Å². The van der Waals surface area contributed by atoms with E-state index in [0.717, 1.165) is 5.69 Å². The van der Waals surface area contributed by atoms with Crippen molar-refractivity contribution < 1.29 is 9.59 Å². The first-order chi connectivity index (χ1) is 8.08. The lowest BCUT2D eigenvalue weighted by molar-refractivity contribution is -0.134. The summed E-state index contributed by atoms with van der Waals surface area (Å²) in [7, 11) is 1.83. The zero-order valence-electron chi connectivity index (χ0n) is 9.44. The Hall–Kier alpha value is -1.55. The first-order valence-electron chi connectivity index (χ1n) is 5.40. The fraction of sp³-hybridized carbons (Fsp3) is 0.333. The monoisotopic (exact) mass is 252 g/mol. The van der Waals surface area contributed by atoms with E-state index in [-0.39, 0.29) is 17.9 Å². The maximum Gasteiger partial charge on any atom is 0.249 e. The molecule has 1 aromatic rings. The lowest BCUT2D eigenvalue weighted by Crippen LogP contribution is -2.51. The number of carbonyl (C=O) groups excluding carboxylic acids is 2. The number of nitrogens with zero attached hydrogens (tertiary/aromatic N) is 1. The maximum absolute atomic E-state index is 11.7. The van der Waals surface area contributed by atoms with Gasteiger partial charge in [0.15, 0.2) is 0 Å². The Morgan fingerprint density at radius 3 is 2.82 bits per heavy atom. The smallest absolute Gasteiger partial charge is 0.249 e. The second-order valence-corrected chi connectivity index (χ2v) is 4.49. The Balaban J connectivity index is 2.17. The minimum Gasteiger partial charge on any atom is -0.363 e. The van der Waals surface area contributed by atoms with Crippen molar-refractivity contribution in [3.63, 3.8) is 0 Å². The van der Waals surface area contributed by atoms with E-state index in [0.29, 0.717) is 17.9 Å². The third-order valence-corrected chi connectivity index (χ3v) is 3.13. The fourth-order valence-electron chi connectivity index (χ4n) is 1.93. The van der Waals surface area contributed by atoms with Gasteiger partial charge in [-0.3, -0.25) is 14.9 Å². The van der Waals surface area contributed by atoms with Gasteiger partial charge in [-0.05, 0) is 24.6 Å². The first-order valence-corrected chi connectivity index (χ1v) is 5.78. The molecule has 1 aliphatic heterocycles. The van der Waals surface area contributed by atoms with E-state index in [1.165, 1.54) is 0 Å². The van der Waals surface area contributed by atoms with E-state index >= 15 is 0 Å². The molecular weight excluding hydrogens is 240 g/mol. The number of halogens is 1. The predicted octanol–water partition coefficient (Wildman–Crippen LogP) is 1.58. The van der Waals surface area contributed by atoms with Crippen LogP contribution in [0.15, 0.2) is 24.3 Å². The number of rotatable bonds is 2. The fourth-order valence-corrected chi connectivity index (χ4v) is 2.11. The molecule has 1 N–H and O–H groups in total. The van der Waals surface area contributed by atoms with Crippen LogP contribution in [0.4, 0.5) is 5.69 Å². The summed E-state index contributed by atoms with van der Waals surface area (Å²) in [6.07, 6.45) is 0.912. The van der Waals surface area contributed by atoms with Gasteiger partial charge in [0.2, 0.25) is 11.8 Å². The molecule has 90 valence electrons. The van der Waals surface area contributed by atoms with E-state index in [4.69, 9.17) is 11.6 Å². The van der Waals surface area contributed by atoms with Crippen LogP contribution in [0.25, 0.3) is 0 Å². The highest BCUT2D eigenvalue weighted by Crippen LogP contribution is 2.22. The van der Waals surface area contributed by atoms with Gasteiger partial charge in [-0.1, -0.05) is 17.7 Å². The molecule has 1 unspecified atom stereocenters. The van der Waals surface area contributed by atoms with Crippen LogP contribution >= 0.6 is 11.6 Å². The molecule has 0 saturated carbocycles. The van der Waals surface area contributed by atoms with Crippen molar-refractivity contribution in [2.45, 2.75) is 18.9 Å². The standard InChI is InChI=1S/C12H13ClN2O2/c1-15(9-4-2-3-8(13)7-9)10-5-6-11(16)14-12(10)17/h2-4,7,10H,5-6H2,1H3,(H,14,16,17). The van der Waals surface area contributed by atoms with Gasteiger partial charge in [0.05, 0.1) is 0 Å². The SMILES string of the molecule is CN(c1cccc(Cl)c1)C1CCC(=O)NC1=O. The maximum atomic E-state index is 11.7. The molecule has 1 aliphatic rings. The van der Waals surface area contributed by atoms with Crippen LogP contribution in [0.1, 0.15) is 12.8 Å². The van der Waals surface area contributed by atoms with Gasteiger partial charge in [0, 0.05) is 24.2 Å². The van der Waals surface area contributed by atoms with E-state index in [1.807, 2.05) is 24.1 Å². The van der Waals surface area contributed by atoms with Crippen molar-refractivity contribution in [3.8, 4) is 0 Å². The van der Waals surface area contributed by atoms with Crippen LogP contribution < -0.4 is 10.2 Å². The molecule has 0 spiro atoms. The quantitative estimate of drug-likeness (QED) is 0.813. The highest BCUT2D eigenvalue weighted by Gasteiger charge is 2.29. The molecule has 4 nitrogen and oxygen atoms in total. The van der Waals surface area contributed by atoms with E-state index < -0.39 is 0 Å². The largest absolute Gasteiger partial charge is 0.363 e. The molecule has 1 saturated heterocycles. The van der Waals surface area contributed by atoms with Crippen molar-refractivity contribution in [1.29, 1.82) is 0 Å². The van der Waals surface area contributed by atoms with E-state index in [2.05, 4.69) is 5.32 Å². The summed E-state index contributed by atoms with van der Waals surface area (Å²) in [5.41, 5.74) is 0.868. The van der Waals surface area contributed by atoms with Crippen LogP contribution in [-0.4, -0.2) is 24.9 Å². The number of anilines is 1. The number of hydrogen-bond donors (Lipinski definition) is 1. The summed E-state index contributed by atoms with van der Waals surface area (Å²) in [5, 5.41) is 2.97. The number of piperidine rings is 1. The summed E-state index contributed by atoms with van der Waals surface area (Å²) in [4.78, 5) is 24.6. The lowest BCUT2D eigenvalue weighted by atomic mass is 10.0. The third kappa shape index (κ3) is 2.58. The van der Waals surface area contributed by atoms with E-state index in [9.17, 15) is 9.59 Å². The van der Waals surface area contributed by atoms with Gasteiger partial charge in [0.25, 0.3) is 0 Å². The highest BCUT2D eigenvalue weighted by atomic mass is 35.5. The van der Waals surface area contributed by atoms with Crippen LogP contribution in [0.3, 0.4) is 0 Å². The Bertz CT molecular complexity index is 462. The first kappa shape index (κ1) is 11.9. The normalized spacial score (nSPS) is 20.0. The second-order valence-electron chi connectivity index (χ2n) is 4.06. The zero-order valence-corrected chi connectivity index (χ0v) is 10.2. The Kier molecular flexibility index (Phi) is 3.33. The molecule has 5 heteroatoms.